The zero-order chi connectivity index (χ0) is 24.4. The third-order valence-corrected chi connectivity index (χ3v) is 6.82. The molecule has 1 saturated heterocycles. The average Bonchev–Trinajstić information content (AvgIpc) is 3.17. The van der Waals surface area contributed by atoms with Crippen LogP contribution in [-0.4, -0.2) is 34.8 Å². The first-order valence-corrected chi connectivity index (χ1v) is 12.4. The van der Waals surface area contributed by atoms with Crippen LogP contribution in [0.4, 0.5) is 0 Å². The number of hydrogen-bond acceptors (Lipinski definition) is 4. The highest BCUT2D eigenvalue weighted by Gasteiger charge is 2.18. The smallest absolute Gasteiger partial charge is 0.251 e. The molecule has 0 unspecified atom stereocenters. The Balaban J connectivity index is 1.36. The number of nitrogens with one attached hydrogen (secondary N) is 2. The lowest BCUT2D eigenvalue weighted by Crippen LogP contribution is -2.42. The van der Waals surface area contributed by atoms with Crippen LogP contribution in [0.1, 0.15) is 41.4 Å². The van der Waals surface area contributed by atoms with Crippen molar-refractivity contribution >= 4 is 16.8 Å². The first kappa shape index (κ1) is 23.1. The second kappa shape index (κ2) is 9.92. The van der Waals surface area contributed by atoms with Crippen LogP contribution in [0.15, 0.2) is 60.7 Å². The van der Waals surface area contributed by atoms with Gasteiger partial charge in [-0.15, -0.1) is 0 Å². The molecule has 1 aromatic heterocycles. The summed E-state index contributed by atoms with van der Waals surface area (Å²) in [6.07, 6.45) is 2.75. The molecule has 0 atom stereocenters. The Bertz CT molecular complexity index is 1370. The van der Waals surface area contributed by atoms with Crippen LogP contribution >= 0.6 is 0 Å². The molecule has 0 radical (unpaired) electrons. The Morgan fingerprint density at radius 3 is 2.63 bits per heavy atom. The fourth-order valence-electron chi connectivity index (χ4n) is 4.87. The zero-order valence-corrected chi connectivity index (χ0v) is 20.6. The van der Waals surface area contributed by atoms with Crippen molar-refractivity contribution in [1.29, 1.82) is 0 Å². The highest BCUT2D eigenvalue weighted by atomic mass is 16.5. The zero-order valence-electron chi connectivity index (χ0n) is 20.6. The van der Waals surface area contributed by atoms with Gasteiger partial charge in [0, 0.05) is 30.1 Å². The predicted molar refractivity (Wildman–Crippen MR) is 140 cm³/mol. The summed E-state index contributed by atoms with van der Waals surface area (Å²) >= 11 is 0. The van der Waals surface area contributed by atoms with Crippen molar-refractivity contribution < 1.29 is 9.53 Å². The fourth-order valence-corrected chi connectivity index (χ4v) is 4.87. The van der Waals surface area contributed by atoms with Crippen molar-refractivity contribution in [2.75, 3.05) is 13.1 Å². The minimum Gasteiger partial charge on any atom is -0.457 e. The van der Waals surface area contributed by atoms with Gasteiger partial charge in [-0.25, -0.2) is 0 Å². The third-order valence-electron chi connectivity index (χ3n) is 6.82. The van der Waals surface area contributed by atoms with Gasteiger partial charge in [-0.2, -0.15) is 5.10 Å². The van der Waals surface area contributed by atoms with Gasteiger partial charge in [0.05, 0.1) is 11.2 Å². The van der Waals surface area contributed by atoms with Gasteiger partial charge in [-0.3, -0.25) is 9.48 Å². The summed E-state index contributed by atoms with van der Waals surface area (Å²) in [6, 6.07) is 20.5. The fraction of sp³-hybridized carbons (Fsp3) is 0.310. The predicted octanol–water partition coefficient (Wildman–Crippen LogP) is 5.39. The highest BCUT2D eigenvalue weighted by molar-refractivity contribution is 5.96. The van der Waals surface area contributed by atoms with Crippen molar-refractivity contribution in [3.63, 3.8) is 0 Å². The number of carbonyl (C=O) groups is 1. The summed E-state index contributed by atoms with van der Waals surface area (Å²) in [7, 11) is 1.95. The van der Waals surface area contributed by atoms with Crippen molar-refractivity contribution in [3.05, 3.63) is 77.5 Å². The first-order chi connectivity index (χ1) is 17.0. The third kappa shape index (κ3) is 4.93. The van der Waals surface area contributed by atoms with Crippen LogP contribution in [0.5, 0.6) is 11.5 Å². The molecular formula is C29H32N4O2. The number of ether oxygens (including phenoxy) is 1. The van der Waals surface area contributed by atoms with Gasteiger partial charge < -0.3 is 15.4 Å². The second-order valence-electron chi connectivity index (χ2n) is 9.24. The minimum absolute atomic E-state index is 0.0261. The molecule has 1 fully saturated rings. The molecule has 2 N–H and O–H groups in total. The molecule has 0 saturated carbocycles. The standard InChI is InChI=1S/C29H32N4O2/c1-4-20-16-22(8-10-27(20)29(34)31-23-12-14-30-15-13-23)21-6-5-7-24(17-21)35-25-9-11-26-19(2)32-33(3)28(26)18-25/h5-11,16-18,23,30H,4,12-15H2,1-3H3,(H,31,34). The lowest BCUT2D eigenvalue weighted by Gasteiger charge is -2.24. The van der Waals surface area contributed by atoms with Crippen molar-refractivity contribution in [3.8, 4) is 22.6 Å². The molecule has 1 aliphatic heterocycles. The monoisotopic (exact) mass is 468 g/mol. The largest absolute Gasteiger partial charge is 0.457 e. The van der Waals surface area contributed by atoms with Gasteiger partial charge in [-0.05, 0) is 86.3 Å². The molecule has 1 aliphatic rings. The molecule has 3 aromatic carbocycles. The summed E-state index contributed by atoms with van der Waals surface area (Å²) in [5.41, 5.74) is 6.00. The average molecular weight is 469 g/mol. The topological polar surface area (TPSA) is 68.2 Å². The minimum atomic E-state index is 0.0261. The molecule has 6 nitrogen and oxygen atoms in total. The SMILES string of the molecule is CCc1cc(-c2cccc(Oc3ccc4c(C)nn(C)c4c3)c2)ccc1C(=O)NC1CCNCC1. The van der Waals surface area contributed by atoms with Crippen LogP contribution in [0.25, 0.3) is 22.0 Å². The van der Waals surface area contributed by atoms with Crippen molar-refractivity contribution in [2.24, 2.45) is 7.05 Å². The van der Waals surface area contributed by atoms with E-state index in [9.17, 15) is 4.79 Å². The normalized spacial score (nSPS) is 14.3. The summed E-state index contributed by atoms with van der Waals surface area (Å²) < 4.78 is 8.08. The summed E-state index contributed by atoms with van der Waals surface area (Å²) in [6.45, 7) is 6.02. The van der Waals surface area contributed by atoms with Crippen LogP contribution in [-0.2, 0) is 13.5 Å². The van der Waals surface area contributed by atoms with E-state index < -0.39 is 0 Å². The van der Waals surface area contributed by atoms with E-state index in [2.05, 4.69) is 40.9 Å². The number of piperidine rings is 1. The molecule has 35 heavy (non-hydrogen) atoms. The van der Waals surface area contributed by atoms with Gasteiger partial charge in [-0.1, -0.05) is 31.2 Å². The maximum Gasteiger partial charge on any atom is 0.251 e. The lowest BCUT2D eigenvalue weighted by molar-refractivity contribution is 0.0928. The highest BCUT2D eigenvalue weighted by Crippen LogP contribution is 2.31. The molecule has 180 valence electrons. The Kier molecular flexibility index (Phi) is 6.55. The van der Waals surface area contributed by atoms with Crippen LogP contribution in [0.3, 0.4) is 0 Å². The van der Waals surface area contributed by atoms with E-state index in [1.54, 1.807) is 0 Å². The molecule has 0 bridgehead atoms. The van der Waals surface area contributed by atoms with E-state index in [1.807, 2.05) is 61.1 Å². The van der Waals surface area contributed by atoms with E-state index in [4.69, 9.17) is 4.74 Å². The Labute approximate surface area is 206 Å². The summed E-state index contributed by atoms with van der Waals surface area (Å²) in [5, 5.41) is 12.2. The first-order valence-electron chi connectivity index (χ1n) is 12.4. The van der Waals surface area contributed by atoms with Crippen molar-refractivity contribution in [1.82, 2.24) is 20.4 Å². The summed E-state index contributed by atoms with van der Waals surface area (Å²) in [4.78, 5) is 13.0. The quantitative estimate of drug-likeness (QED) is 0.398. The van der Waals surface area contributed by atoms with E-state index in [0.717, 1.165) is 82.7 Å². The number of amides is 1. The summed E-state index contributed by atoms with van der Waals surface area (Å²) in [5.74, 6) is 1.57. The van der Waals surface area contributed by atoms with E-state index in [-0.39, 0.29) is 11.9 Å². The number of hydrogen-bond donors (Lipinski definition) is 2. The Hall–Kier alpha value is -3.64. The van der Waals surface area contributed by atoms with Crippen LogP contribution < -0.4 is 15.4 Å². The molecule has 0 spiro atoms. The second-order valence-corrected chi connectivity index (χ2v) is 9.24. The number of aromatic nitrogens is 2. The van der Waals surface area contributed by atoms with Crippen LogP contribution in [0, 0.1) is 6.92 Å². The van der Waals surface area contributed by atoms with E-state index in [1.165, 1.54) is 0 Å². The van der Waals surface area contributed by atoms with Gasteiger partial charge in [0.2, 0.25) is 0 Å². The van der Waals surface area contributed by atoms with Crippen molar-refractivity contribution in [2.45, 2.75) is 39.2 Å². The molecule has 2 heterocycles. The van der Waals surface area contributed by atoms with E-state index >= 15 is 0 Å². The van der Waals surface area contributed by atoms with Gasteiger partial charge >= 0.3 is 0 Å². The maximum atomic E-state index is 13.0. The Morgan fingerprint density at radius 1 is 1.06 bits per heavy atom. The number of carbonyl (C=O) groups excluding carboxylic acids is 1. The number of nitrogens with zero attached hydrogens (tertiary/aromatic N) is 2. The molecule has 1 amide bonds. The maximum absolute atomic E-state index is 13.0. The Morgan fingerprint density at radius 2 is 1.83 bits per heavy atom. The van der Waals surface area contributed by atoms with E-state index in [0.29, 0.717) is 0 Å². The lowest BCUT2D eigenvalue weighted by atomic mass is 9.96. The molecule has 5 rings (SSSR count). The molecule has 4 aromatic rings. The number of aryl methyl sites for hydroxylation is 3. The number of benzene rings is 3. The number of fused-ring (bicyclic) bond motifs is 1. The van der Waals surface area contributed by atoms with Gasteiger partial charge in [0.25, 0.3) is 5.91 Å². The van der Waals surface area contributed by atoms with Gasteiger partial charge in [0.1, 0.15) is 11.5 Å². The molecule has 0 aliphatic carbocycles. The molecule has 6 heteroatoms. The molecular weight excluding hydrogens is 436 g/mol. The van der Waals surface area contributed by atoms with Crippen LogP contribution in [0.2, 0.25) is 0 Å². The van der Waals surface area contributed by atoms with Gasteiger partial charge in [0.15, 0.2) is 0 Å². The number of rotatable bonds is 6.